The second-order valence-electron chi connectivity index (χ2n) is 6.00. The standard InChI is InChI=1S/C18H16F3N5O/c1-11(12-5-7-13(8-6-12)18(19,20)21)10-15(27)23-17-24-16(25-26-17)14-4-2-3-9-22-14/h2-9,11H,10H2,1H3,(H2,23,24,25,26,27). The van der Waals surface area contributed by atoms with Crippen molar-refractivity contribution in [2.45, 2.75) is 25.4 Å². The van der Waals surface area contributed by atoms with Crippen molar-refractivity contribution >= 4 is 11.9 Å². The van der Waals surface area contributed by atoms with Gasteiger partial charge in [0.05, 0.1) is 5.56 Å². The van der Waals surface area contributed by atoms with Gasteiger partial charge in [-0.1, -0.05) is 25.1 Å². The Kier molecular flexibility index (Phi) is 5.20. The molecule has 3 rings (SSSR count). The number of aromatic amines is 1. The first kappa shape index (κ1) is 18.6. The lowest BCUT2D eigenvalue weighted by molar-refractivity contribution is -0.137. The van der Waals surface area contributed by atoms with Gasteiger partial charge in [-0.3, -0.25) is 20.2 Å². The van der Waals surface area contributed by atoms with Gasteiger partial charge < -0.3 is 0 Å². The molecule has 1 atom stereocenters. The summed E-state index contributed by atoms with van der Waals surface area (Å²) in [5.41, 5.74) is 0.511. The number of nitrogens with one attached hydrogen (secondary N) is 2. The highest BCUT2D eigenvalue weighted by Crippen LogP contribution is 2.30. The van der Waals surface area contributed by atoms with Gasteiger partial charge in [-0.2, -0.15) is 18.2 Å². The van der Waals surface area contributed by atoms with E-state index in [-0.39, 0.29) is 24.2 Å². The molecule has 1 amide bonds. The third-order valence-electron chi connectivity index (χ3n) is 3.94. The monoisotopic (exact) mass is 375 g/mol. The van der Waals surface area contributed by atoms with Crippen LogP contribution >= 0.6 is 0 Å². The van der Waals surface area contributed by atoms with Crippen molar-refractivity contribution < 1.29 is 18.0 Å². The zero-order valence-corrected chi connectivity index (χ0v) is 14.3. The maximum absolute atomic E-state index is 12.6. The smallest absolute Gasteiger partial charge is 0.293 e. The average Bonchev–Trinajstić information content (AvgIpc) is 3.10. The largest absolute Gasteiger partial charge is 0.416 e. The van der Waals surface area contributed by atoms with E-state index in [0.29, 0.717) is 17.1 Å². The molecule has 1 unspecified atom stereocenters. The Hall–Kier alpha value is -3.23. The van der Waals surface area contributed by atoms with Crippen LogP contribution in [0.3, 0.4) is 0 Å². The van der Waals surface area contributed by atoms with Gasteiger partial charge in [-0.25, -0.2) is 0 Å². The van der Waals surface area contributed by atoms with Crippen LogP contribution in [-0.4, -0.2) is 26.1 Å². The highest BCUT2D eigenvalue weighted by atomic mass is 19.4. The second kappa shape index (κ2) is 7.56. The van der Waals surface area contributed by atoms with Gasteiger partial charge in [0.15, 0.2) is 5.82 Å². The molecule has 2 aromatic heterocycles. The molecule has 0 radical (unpaired) electrons. The fraction of sp³-hybridized carbons (Fsp3) is 0.222. The summed E-state index contributed by atoms with van der Waals surface area (Å²) in [5.74, 6) is -0.0718. The number of rotatable bonds is 5. The summed E-state index contributed by atoms with van der Waals surface area (Å²) >= 11 is 0. The molecule has 0 aliphatic rings. The van der Waals surface area contributed by atoms with Crippen LogP contribution < -0.4 is 5.32 Å². The van der Waals surface area contributed by atoms with Crippen molar-refractivity contribution in [1.29, 1.82) is 0 Å². The fourth-order valence-corrected chi connectivity index (χ4v) is 2.51. The minimum atomic E-state index is -4.38. The molecular formula is C18H16F3N5O. The molecule has 0 spiro atoms. The molecular weight excluding hydrogens is 359 g/mol. The zero-order valence-electron chi connectivity index (χ0n) is 14.3. The Labute approximate surface area is 152 Å². The molecule has 2 N–H and O–H groups in total. The number of anilines is 1. The van der Waals surface area contributed by atoms with Crippen LogP contribution in [-0.2, 0) is 11.0 Å². The summed E-state index contributed by atoms with van der Waals surface area (Å²) in [7, 11) is 0. The van der Waals surface area contributed by atoms with Crippen molar-refractivity contribution in [3.63, 3.8) is 0 Å². The number of H-pyrrole nitrogens is 1. The lowest BCUT2D eigenvalue weighted by atomic mass is 9.96. The molecule has 27 heavy (non-hydrogen) atoms. The Balaban J connectivity index is 1.60. The number of pyridine rings is 1. The number of nitrogens with zero attached hydrogens (tertiary/aromatic N) is 3. The molecule has 0 saturated carbocycles. The van der Waals surface area contributed by atoms with E-state index < -0.39 is 11.7 Å². The van der Waals surface area contributed by atoms with Crippen LogP contribution in [0.2, 0.25) is 0 Å². The predicted molar refractivity (Wildman–Crippen MR) is 92.7 cm³/mol. The summed E-state index contributed by atoms with van der Waals surface area (Å²) in [4.78, 5) is 20.4. The molecule has 0 fully saturated rings. The van der Waals surface area contributed by atoms with Crippen molar-refractivity contribution in [1.82, 2.24) is 20.2 Å². The number of alkyl halides is 3. The molecule has 9 heteroatoms. The van der Waals surface area contributed by atoms with Crippen LogP contribution in [0.1, 0.15) is 30.4 Å². The minimum Gasteiger partial charge on any atom is -0.293 e. The molecule has 6 nitrogen and oxygen atoms in total. The van der Waals surface area contributed by atoms with E-state index in [0.717, 1.165) is 12.1 Å². The van der Waals surface area contributed by atoms with E-state index in [1.165, 1.54) is 12.1 Å². The number of halogens is 3. The lowest BCUT2D eigenvalue weighted by Gasteiger charge is -2.13. The lowest BCUT2D eigenvalue weighted by Crippen LogP contribution is -2.15. The minimum absolute atomic E-state index is 0.0822. The molecule has 0 saturated heterocycles. The van der Waals surface area contributed by atoms with Gasteiger partial charge >= 0.3 is 6.18 Å². The van der Waals surface area contributed by atoms with E-state index in [4.69, 9.17) is 0 Å². The van der Waals surface area contributed by atoms with E-state index >= 15 is 0 Å². The van der Waals surface area contributed by atoms with Crippen LogP contribution in [0.15, 0.2) is 48.7 Å². The van der Waals surface area contributed by atoms with E-state index in [9.17, 15) is 18.0 Å². The fourth-order valence-electron chi connectivity index (χ4n) is 2.51. The molecule has 2 heterocycles. The first-order chi connectivity index (χ1) is 12.8. The van der Waals surface area contributed by atoms with E-state index in [1.807, 2.05) is 0 Å². The first-order valence-corrected chi connectivity index (χ1v) is 8.14. The van der Waals surface area contributed by atoms with Gasteiger partial charge in [0.2, 0.25) is 11.9 Å². The number of carbonyl (C=O) groups is 1. The summed E-state index contributed by atoms with van der Waals surface area (Å²) in [6, 6.07) is 10.1. The maximum Gasteiger partial charge on any atom is 0.416 e. The van der Waals surface area contributed by atoms with Gasteiger partial charge in [-0.05, 0) is 35.7 Å². The van der Waals surface area contributed by atoms with Crippen molar-refractivity contribution in [3.05, 3.63) is 59.8 Å². The van der Waals surface area contributed by atoms with E-state index in [1.54, 1.807) is 31.3 Å². The average molecular weight is 375 g/mol. The van der Waals surface area contributed by atoms with Crippen LogP contribution in [0, 0.1) is 0 Å². The number of benzene rings is 1. The van der Waals surface area contributed by atoms with Gasteiger partial charge in [0.1, 0.15) is 5.69 Å². The Morgan fingerprint density at radius 1 is 1.19 bits per heavy atom. The van der Waals surface area contributed by atoms with Crippen LogP contribution in [0.4, 0.5) is 19.1 Å². The summed E-state index contributed by atoms with van der Waals surface area (Å²) in [6.07, 6.45) is -2.68. The van der Waals surface area contributed by atoms with Crippen LogP contribution in [0.25, 0.3) is 11.5 Å². The third kappa shape index (κ3) is 4.69. The van der Waals surface area contributed by atoms with E-state index in [2.05, 4.69) is 25.5 Å². The Bertz CT molecular complexity index is 907. The van der Waals surface area contributed by atoms with Crippen molar-refractivity contribution in [3.8, 4) is 11.5 Å². The molecule has 0 aliphatic heterocycles. The van der Waals surface area contributed by atoms with Gasteiger partial charge in [0.25, 0.3) is 0 Å². The first-order valence-electron chi connectivity index (χ1n) is 8.14. The normalized spacial score (nSPS) is 12.6. The Morgan fingerprint density at radius 2 is 1.93 bits per heavy atom. The molecule has 140 valence electrons. The van der Waals surface area contributed by atoms with Crippen molar-refractivity contribution in [2.75, 3.05) is 5.32 Å². The summed E-state index contributed by atoms with van der Waals surface area (Å²) in [6.45, 7) is 1.76. The topological polar surface area (TPSA) is 83.6 Å². The number of carbonyl (C=O) groups excluding carboxylic acids is 1. The SMILES string of the molecule is CC(CC(=O)Nc1n[nH]c(-c2ccccn2)n1)c1ccc(C(F)(F)F)cc1. The number of hydrogen-bond donors (Lipinski definition) is 2. The summed E-state index contributed by atoms with van der Waals surface area (Å²) in [5, 5.41) is 9.17. The van der Waals surface area contributed by atoms with Crippen molar-refractivity contribution in [2.24, 2.45) is 0 Å². The summed E-state index contributed by atoms with van der Waals surface area (Å²) < 4.78 is 37.8. The van der Waals surface area contributed by atoms with Gasteiger partial charge in [0, 0.05) is 12.6 Å². The maximum atomic E-state index is 12.6. The number of amides is 1. The third-order valence-corrected chi connectivity index (χ3v) is 3.94. The van der Waals surface area contributed by atoms with Gasteiger partial charge in [-0.15, -0.1) is 5.10 Å². The van der Waals surface area contributed by atoms with Crippen LogP contribution in [0.5, 0.6) is 0 Å². The Morgan fingerprint density at radius 3 is 2.56 bits per heavy atom. The second-order valence-corrected chi connectivity index (χ2v) is 6.00. The zero-order chi connectivity index (χ0) is 19.4. The molecule has 3 aromatic rings. The molecule has 1 aromatic carbocycles. The predicted octanol–water partition coefficient (Wildman–Crippen LogP) is 4.02. The highest BCUT2D eigenvalue weighted by molar-refractivity contribution is 5.89. The highest BCUT2D eigenvalue weighted by Gasteiger charge is 2.30. The molecule has 0 bridgehead atoms. The number of aromatic nitrogens is 4. The molecule has 0 aliphatic carbocycles. The number of hydrogen-bond acceptors (Lipinski definition) is 4. The quantitative estimate of drug-likeness (QED) is 0.706.